The molecule has 0 spiro atoms. The van der Waals surface area contributed by atoms with Crippen molar-refractivity contribution in [2.75, 3.05) is 6.54 Å². The summed E-state index contributed by atoms with van der Waals surface area (Å²) in [6.07, 6.45) is 1.39. The van der Waals surface area contributed by atoms with Gasteiger partial charge in [0.15, 0.2) is 0 Å². The van der Waals surface area contributed by atoms with Gasteiger partial charge in [-0.25, -0.2) is 4.98 Å². The normalized spacial score (nSPS) is 16.7. The molecule has 3 nitrogen and oxygen atoms in total. The Bertz CT molecular complexity index is 898. The van der Waals surface area contributed by atoms with Crippen LogP contribution in [-0.2, 0) is 17.6 Å². The lowest BCUT2D eigenvalue weighted by Crippen LogP contribution is -2.40. The van der Waals surface area contributed by atoms with Gasteiger partial charge in [0, 0.05) is 16.3 Å². The Morgan fingerprint density at radius 2 is 2.04 bits per heavy atom. The van der Waals surface area contributed by atoms with Crippen LogP contribution in [0.2, 0.25) is 0 Å². The van der Waals surface area contributed by atoms with Gasteiger partial charge >= 0.3 is 0 Å². The van der Waals surface area contributed by atoms with Gasteiger partial charge < -0.3 is 4.90 Å². The molecule has 5 heteroatoms. The highest BCUT2D eigenvalue weighted by atomic mass is 32.1. The van der Waals surface area contributed by atoms with Gasteiger partial charge in [-0.3, -0.25) is 4.79 Å². The zero-order valence-electron chi connectivity index (χ0n) is 14.4. The molecule has 0 bridgehead atoms. The number of fused-ring (bicyclic) bond motifs is 1. The molecule has 25 heavy (non-hydrogen) atoms. The molecule has 1 atom stereocenters. The molecular weight excluding hydrogens is 348 g/mol. The first-order valence-electron chi connectivity index (χ1n) is 8.47. The minimum absolute atomic E-state index is 0.0259. The zero-order valence-corrected chi connectivity index (χ0v) is 16.0. The average molecular weight is 369 g/mol. The number of thiazole rings is 1. The van der Waals surface area contributed by atoms with Gasteiger partial charge in [-0.05, 0) is 42.8 Å². The predicted molar refractivity (Wildman–Crippen MR) is 103 cm³/mol. The van der Waals surface area contributed by atoms with Crippen molar-refractivity contribution >= 4 is 28.6 Å². The van der Waals surface area contributed by atoms with Crippen LogP contribution >= 0.6 is 22.7 Å². The average Bonchev–Trinajstić information content (AvgIpc) is 3.20. The van der Waals surface area contributed by atoms with Crippen LogP contribution in [0.25, 0.3) is 0 Å². The number of hydrogen-bond donors (Lipinski definition) is 0. The van der Waals surface area contributed by atoms with Gasteiger partial charge in [-0.1, -0.05) is 30.3 Å². The van der Waals surface area contributed by atoms with E-state index in [4.69, 9.17) is 0 Å². The molecule has 1 aliphatic heterocycles. The second-order valence-corrected chi connectivity index (χ2v) is 8.66. The summed E-state index contributed by atoms with van der Waals surface area (Å²) < 4.78 is 0. The van der Waals surface area contributed by atoms with Crippen molar-refractivity contribution in [3.63, 3.8) is 0 Å². The Hall–Kier alpha value is -1.98. The lowest BCUT2D eigenvalue weighted by molar-refractivity contribution is -0.132. The summed E-state index contributed by atoms with van der Waals surface area (Å²) in [5, 5.41) is 3.17. The SMILES string of the molecule is Cc1nc(C)c(CC(=O)N2CCc3sccc3C2c2ccccc2)s1. The van der Waals surface area contributed by atoms with Crippen molar-refractivity contribution in [2.24, 2.45) is 0 Å². The molecule has 0 saturated heterocycles. The third-order valence-corrected chi connectivity index (χ3v) is 6.78. The van der Waals surface area contributed by atoms with E-state index in [1.54, 1.807) is 22.7 Å². The van der Waals surface area contributed by atoms with Gasteiger partial charge in [0.05, 0.1) is 23.2 Å². The summed E-state index contributed by atoms with van der Waals surface area (Å²) in [6, 6.07) is 12.6. The highest BCUT2D eigenvalue weighted by molar-refractivity contribution is 7.11. The minimum atomic E-state index is 0.0259. The van der Waals surface area contributed by atoms with Crippen molar-refractivity contribution < 1.29 is 4.79 Å². The molecule has 0 radical (unpaired) electrons. The van der Waals surface area contributed by atoms with Gasteiger partial charge in [-0.2, -0.15) is 0 Å². The van der Waals surface area contributed by atoms with E-state index in [0.29, 0.717) is 6.42 Å². The van der Waals surface area contributed by atoms with Crippen molar-refractivity contribution in [2.45, 2.75) is 32.7 Å². The van der Waals surface area contributed by atoms with Gasteiger partial charge in [0.25, 0.3) is 0 Å². The Balaban J connectivity index is 1.68. The number of aryl methyl sites for hydroxylation is 2. The Kier molecular flexibility index (Phi) is 4.44. The number of carbonyl (C=O) groups is 1. The molecule has 3 aromatic rings. The molecule has 1 amide bonds. The number of carbonyl (C=O) groups excluding carboxylic acids is 1. The summed E-state index contributed by atoms with van der Waals surface area (Å²) >= 11 is 3.44. The topological polar surface area (TPSA) is 33.2 Å². The zero-order chi connectivity index (χ0) is 17.4. The molecule has 3 heterocycles. The number of benzene rings is 1. The van der Waals surface area contributed by atoms with E-state index in [2.05, 4.69) is 45.6 Å². The molecule has 1 aromatic carbocycles. The Morgan fingerprint density at radius 1 is 1.24 bits per heavy atom. The van der Waals surface area contributed by atoms with Gasteiger partial charge in [-0.15, -0.1) is 22.7 Å². The summed E-state index contributed by atoms with van der Waals surface area (Å²) in [4.78, 5) is 22.2. The monoisotopic (exact) mass is 368 g/mol. The molecule has 0 fully saturated rings. The lowest BCUT2D eigenvalue weighted by atomic mass is 9.93. The summed E-state index contributed by atoms with van der Waals surface area (Å²) in [7, 11) is 0. The standard InChI is InChI=1S/C20H20N2OS2/c1-13-18(25-14(2)21-13)12-19(23)22-10-8-17-16(9-11-24-17)20(22)15-6-4-3-5-7-15/h3-7,9,11,20H,8,10,12H2,1-2H3. The molecule has 0 aliphatic carbocycles. The fourth-order valence-corrected chi connectivity index (χ4v) is 5.39. The molecular formula is C20H20N2OS2. The van der Waals surface area contributed by atoms with Crippen LogP contribution in [0.1, 0.15) is 37.6 Å². The van der Waals surface area contributed by atoms with E-state index in [0.717, 1.165) is 28.5 Å². The maximum absolute atomic E-state index is 13.2. The maximum Gasteiger partial charge on any atom is 0.228 e. The number of nitrogens with zero attached hydrogens (tertiary/aromatic N) is 2. The van der Waals surface area contributed by atoms with E-state index in [1.165, 1.54) is 16.0 Å². The van der Waals surface area contributed by atoms with Crippen molar-refractivity contribution in [3.8, 4) is 0 Å². The third kappa shape index (κ3) is 3.14. The summed E-state index contributed by atoms with van der Waals surface area (Å²) in [5.74, 6) is 0.192. The second kappa shape index (κ2) is 6.73. The van der Waals surface area contributed by atoms with Crippen LogP contribution in [0.5, 0.6) is 0 Å². The molecule has 4 rings (SSSR count). The number of aromatic nitrogens is 1. The minimum Gasteiger partial charge on any atom is -0.331 e. The summed E-state index contributed by atoms with van der Waals surface area (Å²) in [6.45, 7) is 4.77. The molecule has 2 aromatic heterocycles. The first-order chi connectivity index (χ1) is 12.1. The van der Waals surface area contributed by atoms with E-state index in [-0.39, 0.29) is 11.9 Å². The second-order valence-electron chi connectivity index (χ2n) is 6.37. The smallest absolute Gasteiger partial charge is 0.228 e. The van der Waals surface area contributed by atoms with Crippen LogP contribution < -0.4 is 0 Å². The van der Waals surface area contributed by atoms with Crippen molar-refractivity contribution in [1.29, 1.82) is 0 Å². The molecule has 0 saturated carbocycles. The first-order valence-corrected chi connectivity index (χ1v) is 10.2. The van der Waals surface area contributed by atoms with E-state index < -0.39 is 0 Å². The fourth-order valence-electron chi connectivity index (χ4n) is 3.56. The fraction of sp³-hybridized carbons (Fsp3) is 0.300. The largest absolute Gasteiger partial charge is 0.331 e. The predicted octanol–water partition coefficient (Wildman–Crippen LogP) is 4.54. The van der Waals surface area contributed by atoms with E-state index >= 15 is 0 Å². The van der Waals surface area contributed by atoms with Gasteiger partial charge in [0.1, 0.15) is 0 Å². The molecule has 1 aliphatic rings. The number of amides is 1. The number of thiophene rings is 1. The molecule has 0 N–H and O–H groups in total. The molecule has 128 valence electrons. The highest BCUT2D eigenvalue weighted by Gasteiger charge is 2.32. The Labute approximate surface area is 156 Å². The third-order valence-electron chi connectivity index (χ3n) is 4.71. The van der Waals surface area contributed by atoms with Crippen LogP contribution in [-0.4, -0.2) is 22.3 Å². The van der Waals surface area contributed by atoms with Gasteiger partial charge in [0.2, 0.25) is 5.91 Å². The van der Waals surface area contributed by atoms with Crippen LogP contribution in [0.3, 0.4) is 0 Å². The van der Waals surface area contributed by atoms with Crippen molar-refractivity contribution in [1.82, 2.24) is 9.88 Å². The van der Waals surface area contributed by atoms with E-state index in [1.807, 2.05) is 19.9 Å². The summed E-state index contributed by atoms with van der Waals surface area (Å²) in [5.41, 5.74) is 3.46. The van der Waals surface area contributed by atoms with E-state index in [9.17, 15) is 4.79 Å². The molecule has 1 unspecified atom stereocenters. The van der Waals surface area contributed by atoms with Crippen LogP contribution in [0.4, 0.5) is 0 Å². The Morgan fingerprint density at radius 3 is 2.76 bits per heavy atom. The van der Waals surface area contributed by atoms with Crippen LogP contribution in [0, 0.1) is 13.8 Å². The lowest BCUT2D eigenvalue weighted by Gasteiger charge is -2.36. The maximum atomic E-state index is 13.2. The first kappa shape index (κ1) is 16.5. The number of hydrogen-bond acceptors (Lipinski definition) is 4. The van der Waals surface area contributed by atoms with Crippen LogP contribution in [0.15, 0.2) is 41.8 Å². The number of rotatable bonds is 3. The highest BCUT2D eigenvalue weighted by Crippen LogP contribution is 2.38. The van der Waals surface area contributed by atoms with Crippen molar-refractivity contribution in [3.05, 3.63) is 73.4 Å². The quantitative estimate of drug-likeness (QED) is 0.680.